The second kappa shape index (κ2) is 4.03. The third-order valence-corrected chi connectivity index (χ3v) is 5.49. The van der Waals surface area contributed by atoms with Gasteiger partial charge in [0.1, 0.15) is 0 Å². The van der Waals surface area contributed by atoms with Gasteiger partial charge in [0.05, 0.1) is 5.75 Å². The SMILES string of the molecule is CC(C)CS(=O)(=O)N1CCC(N)C1(C)C. The molecule has 0 aromatic rings. The van der Waals surface area contributed by atoms with Gasteiger partial charge in [-0.1, -0.05) is 13.8 Å². The zero-order valence-corrected chi connectivity index (χ0v) is 10.8. The summed E-state index contributed by atoms with van der Waals surface area (Å²) in [5, 5.41) is 0. The molecule has 1 atom stereocenters. The second-order valence-corrected chi connectivity index (χ2v) is 7.23. The van der Waals surface area contributed by atoms with Gasteiger partial charge in [-0.05, 0) is 26.2 Å². The molecule has 0 radical (unpaired) electrons. The fraction of sp³-hybridized carbons (Fsp3) is 1.00. The average Bonchev–Trinajstić information content (AvgIpc) is 2.24. The molecule has 4 nitrogen and oxygen atoms in total. The van der Waals surface area contributed by atoms with E-state index >= 15 is 0 Å². The van der Waals surface area contributed by atoms with Gasteiger partial charge in [-0.2, -0.15) is 4.31 Å². The fourth-order valence-electron chi connectivity index (χ4n) is 2.09. The van der Waals surface area contributed by atoms with Crippen LogP contribution >= 0.6 is 0 Å². The van der Waals surface area contributed by atoms with Crippen LogP contribution in [0.4, 0.5) is 0 Å². The first-order chi connectivity index (χ1) is 6.68. The van der Waals surface area contributed by atoms with E-state index in [-0.39, 0.29) is 17.7 Å². The summed E-state index contributed by atoms with van der Waals surface area (Å²) in [6.45, 7) is 8.20. The minimum atomic E-state index is -3.15. The van der Waals surface area contributed by atoms with Crippen LogP contribution < -0.4 is 5.73 Å². The molecule has 90 valence electrons. The third kappa shape index (κ3) is 2.52. The van der Waals surface area contributed by atoms with E-state index in [4.69, 9.17) is 5.73 Å². The predicted octanol–water partition coefficient (Wildman–Crippen LogP) is 0.784. The van der Waals surface area contributed by atoms with Crippen LogP contribution in [0, 0.1) is 5.92 Å². The minimum absolute atomic E-state index is 0.0561. The number of hydrogen-bond donors (Lipinski definition) is 1. The quantitative estimate of drug-likeness (QED) is 0.785. The largest absolute Gasteiger partial charge is 0.326 e. The molecule has 2 N–H and O–H groups in total. The van der Waals surface area contributed by atoms with E-state index in [0.717, 1.165) is 6.42 Å². The Hall–Kier alpha value is -0.130. The molecular formula is C10H22N2O2S. The Morgan fingerprint density at radius 3 is 2.33 bits per heavy atom. The smallest absolute Gasteiger partial charge is 0.214 e. The summed E-state index contributed by atoms with van der Waals surface area (Å²) < 4.78 is 25.7. The van der Waals surface area contributed by atoms with Gasteiger partial charge in [0.25, 0.3) is 0 Å². The van der Waals surface area contributed by atoms with Gasteiger partial charge in [0.2, 0.25) is 10.0 Å². The van der Waals surface area contributed by atoms with Crippen molar-refractivity contribution in [2.75, 3.05) is 12.3 Å². The molecule has 15 heavy (non-hydrogen) atoms. The van der Waals surface area contributed by atoms with Crippen LogP contribution in [0.25, 0.3) is 0 Å². The Kier molecular flexibility index (Phi) is 3.48. The van der Waals surface area contributed by atoms with Gasteiger partial charge in [0, 0.05) is 18.1 Å². The maximum absolute atomic E-state index is 12.1. The van der Waals surface area contributed by atoms with E-state index in [2.05, 4.69) is 0 Å². The van der Waals surface area contributed by atoms with Gasteiger partial charge in [-0.3, -0.25) is 0 Å². The molecule has 0 bridgehead atoms. The maximum atomic E-state index is 12.1. The van der Waals surface area contributed by atoms with Crippen molar-refractivity contribution in [2.24, 2.45) is 11.7 Å². The molecule has 0 aliphatic carbocycles. The summed E-state index contributed by atoms with van der Waals surface area (Å²) in [5.41, 5.74) is 5.49. The third-order valence-electron chi connectivity index (χ3n) is 3.07. The lowest BCUT2D eigenvalue weighted by Crippen LogP contribution is -2.51. The normalized spacial score (nSPS) is 27.5. The molecule has 5 heteroatoms. The van der Waals surface area contributed by atoms with Crippen LogP contribution in [0.1, 0.15) is 34.1 Å². The van der Waals surface area contributed by atoms with Gasteiger partial charge >= 0.3 is 0 Å². The molecule has 1 aliphatic rings. The highest BCUT2D eigenvalue weighted by molar-refractivity contribution is 7.89. The molecule has 0 spiro atoms. The first-order valence-electron chi connectivity index (χ1n) is 5.44. The van der Waals surface area contributed by atoms with Crippen molar-refractivity contribution in [3.05, 3.63) is 0 Å². The van der Waals surface area contributed by atoms with Gasteiger partial charge in [-0.25, -0.2) is 8.42 Å². The Bertz CT molecular complexity index is 322. The Morgan fingerprint density at radius 2 is 2.00 bits per heavy atom. The Labute approximate surface area is 92.9 Å². The topological polar surface area (TPSA) is 63.4 Å². The zero-order valence-electron chi connectivity index (χ0n) is 10.0. The van der Waals surface area contributed by atoms with Crippen molar-refractivity contribution < 1.29 is 8.42 Å². The van der Waals surface area contributed by atoms with Gasteiger partial charge in [0.15, 0.2) is 0 Å². The van der Waals surface area contributed by atoms with Crippen molar-refractivity contribution in [3.8, 4) is 0 Å². The molecule has 0 aromatic carbocycles. The highest BCUT2D eigenvalue weighted by Gasteiger charge is 2.45. The van der Waals surface area contributed by atoms with Crippen LogP contribution in [0.5, 0.6) is 0 Å². The predicted molar refractivity (Wildman–Crippen MR) is 62.0 cm³/mol. The maximum Gasteiger partial charge on any atom is 0.214 e. The summed E-state index contributed by atoms with van der Waals surface area (Å²) in [7, 11) is -3.15. The van der Waals surface area contributed by atoms with Crippen LogP contribution in [0.2, 0.25) is 0 Å². The van der Waals surface area contributed by atoms with Crippen LogP contribution in [-0.4, -0.2) is 36.6 Å². The summed E-state index contributed by atoms with van der Waals surface area (Å²) in [4.78, 5) is 0. The molecule has 0 saturated carbocycles. The van der Waals surface area contributed by atoms with E-state index in [9.17, 15) is 8.42 Å². The van der Waals surface area contributed by atoms with E-state index < -0.39 is 15.6 Å². The average molecular weight is 234 g/mol. The van der Waals surface area contributed by atoms with Crippen molar-refractivity contribution >= 4 is 10.0 Å². The number of nitrogens with zero attached hydrogens (tertiary/aromatic N) is 1. The van der Waals surface area contributed by atoms with Crippen molar-refractivity contribution in [2.45, 2.75) is 45.7 Å². The highest BCUT2D eigenvalue weighted by Crippen LogP contribution is 2.30. The lowest BCUT2D eigenvalue weighted by Gasteiger charge is -2.33. The van der Waals surface area contributed by atoms with Gasteiger partial charge in [-0.15, -0.1) is 0 Å². The molecule has 1 fully saturated rings. The minimum Gasteiger partial charge on any atom is -0.326 e. The molecule has 1 rings (SSSR count). The summed E-state index contributed by atoms with van der Waals surface area (Å²) in [6.07, 6.45) is 0.754. The molecule has 1 aliphatic heterocycles. The summed E-state index contributed by atoms with van der Waals surface area (Å²) in [6, 6.07) is -0.0561. The Morgan fingerprint density at radius 1 is 1.47 bits per heavy atom. The lowest BCUT2D eigenvalue weighted by atomic mass is 9.98. The molecule has 0 amide bonds. The second-order valence-electron chi connectivity index (χ2n) is 5.29. The first kappa shape index (κ1) is 12.9. The highest BCUT2D eigenvalue weighted by atomic mass is 32.2. The molecule has 1 unspecified atom stereocenters. The van der Waals surface area contributed by atoms with Crippen molar-refractivity contribution in [1.29, 1.82) is 0 Å². The van der Waals surface area contributed by atoms with E-state index in [0.29, 0.717) is 6.54 Å². The fourth-order valence-corrected chi connectivity index (χ4v) is 4.35. The van der Waals surface area contributed by atoms with E-state index in [1.165, 1.54) is 0 Å². The summed E-state index contributed by atoms with van der Waals surface area (Å²) in [5.74, 6) is 0.367. The molecular weight excluding hydrogens is 212 g/mol. The number of hydrogen-bond acceptors (Lipinski definition) is 3. The summed E-state index contributed by atoms with van der Waals surface area (Å²) >= 11 is 0. The van der Waals surface area contributed by atoms with Crippen LogP contribution in [-0.2, 0) is 10.0 Å². The van der Waals surface area contributed by atoms with Gasteiger partial charge < -0.3 is 5.73 Å². The molecule has 1 heterocycles. The van der Waals surface area contributed by atoms with E-state index in [1.807, 2.05) is 27.7 Å². The van der Waals surface area contributed by atoms with Crippen molar-refractivity contribution in [3.63, 3.8) is 0 Å². The Balaban J connectivity index is 2.90. The number of rotatable bonds is 3. The number of nitrogens with two attached hydrogens (primary N) is 1. The van der Waals surface area contributed by atoms with Crippen LogP contribution in [0.3, 0.4) is 0 Å². The molecule has 0 aromatic heterocycles. The monoisotopic (exact) mass is 234 g/mol. The lowest BCUT2D eigenvalue weighted by molar-refractivity contribution is 0.269. The standard InChI is InChI=1S/C10H22N2O2S/c1-8(2)7-15(13,14)12-6-5-9(11)10(12,3)4/h8-9H,5-7,11H2,1-4H3. The van der Waals surface area contributed by atoms with E-state index in [1.54, 1.807) is 4.31 Å². The zero-order chi connectivity index (χ0) is 11.9. The van der Waals surface area contributed by atoms with Crippen LogP contribution in [0.15, 0.2) is 0 Å². The molecule has 1 saturated heterocycles. The number of sulfonamides is 1. The first-order valence-corrected chi connectivity index (χ1v) is 7.05. The van der Waals surface area contributed by atoms with Crippen molar-refractivity contribution in [1.82, 2.24) is 4.31 Å².